The van der Waals surface area contributed by atoms with Crippen molar-refractivity contribution in [2.75, 3.05) is 20.2 Å². The molecule has 0 saturated heterocycles. The Labute approximate surface area is 130 Å². The lowest BCUT2D eigenvalue weighted by Gasteiger charge is -2.16. The molecule has 0 aliphatic heterocycles. The van der Waals surface area contributed by atoms with E-state index in [0.29, 0.717) is 18.1 Å². The summed E-state index contributed by atoms with van der Waals surface area (Å²) >= 11 is 4.87. The average molecular weight is 308 g/mol. The quantitative estimate of drug-likeness (QED) is 0.607. The van der Waals surface area contributed by atoms with E-state index in [9.17, 15) is 9.59 Å². The van der Waals surface area contributed by atoms with Gasteiger partial charge in [-0.25, -0.2) is 0 Å². The maximum atomic E-state index is 12.0. The zero-order chi connectivity index (χ0) is 15.8. The standard InChI is InChI=1S/C15H20N2O3S/c1-3-20-14(19)8-9-17(2)13(18)10-11-4-6-12(7-5-11)15(16)21/h4-7H,3,8-10H2,1-2H3,(H2,16,21). The molecule has 0 saturated carbocycles. The Hall–Kier alpha value is -1.95. The highest BCUT2D eigenvalue weighted by Gasteiger charge is 2.12. The summed E-state index contributed by atoms with van der Waals surface area (Å²) in [7, 11) is 1.67. The molecule has 2 N–H and O–H groups in total. The van der Waals surface area contributed by atoms with E-state index in [0.717, 1.165) is 11.1 Å². The van der Waals surface area contributed by atoms with Crippen LogP contribution in [-0.4, -0.2) is 42.0 Å². The minimum atomic E-state index is -0.294. The van der Waals surface area contributed by atoms with Crippen LogP contribution in [0.5, 0.6) is 0 Å². The molecule has 5 nitrogen and oxygen atoms in total. The first-order valence-corrected chi connectivity index (χ1v) is 7.13. The number of amides is 1. The van der Waals surface area contributed by atoms with Gasteiger partial charge in [0, 0.05) is 19.2 Å². The zero-order valence-electron chi connectivity index (χ0n) is 12.3. The van der Waals surface area contributed by atoms with Gasteiger partial charge in [-0.2, -0.15) is 0 Å². The molecule has 0 fully saturated rings. The van der Waals surface area contributed by atoms with E-state index in [-0.39, 0.29) is 24.7 Å². The Bertz CT molecular complexity index is 514. The second kappa shape index (κ2) is 8.36. The van der Waals surface area contributed by atoms with Crippen LogP contribution in [0.15, 0.2) is 24.3 Å². The van der Waals surface area contributed by atoms with E-state index in [4.69, 9.17) is 22.7 Å². The molecule has 1 aromatic rings. The third-order valence-electron chi connectivity index (χ3n) is 2.98. The van der Waals surface area contributed by atoms with Crippen molar-refractivity contribution in [1.82, 2.24) is 4.90 Å². The molecule has 0 aliphatic rings. The number of nitrogens with zero attached hydrogens (tertiary/aromatic N) is 1. The third kappa shape index (κ3) is 5.91. The maximum absolute atomic E-state index is 12.0. The van der Waals surface area contributed by atoms with Crippen LogP contribution in [0.2, 0.25) is 0 Å². The van der Waals surface area contributed by atoms with Crippen LogP contribution in [0.25, 0.3) is 0 Å². The molecule has 114 valence electrons. The number of esters is 1. The molecular weight excluding hydrogens is 288 g/mol. The molecule has 0 unspecified atom stereocenters. The van der Waals surface area contributed by atoms with Crippen molar-refractivity contribution >= 4 is 29.1 Å². The van der Waals surface area contributed by atoms with Gasteiger partial charge in [0.1, 0.15) is 4.99 Å². The van der Waals surface area contributed by atoms with Crippen LogP contribution < -0.4 is 5.73 Å². The molecule has 21 heavy (non-hydrogen) atoms. The largest absolute Gasteiger partial charge is 0.466 e. The van der Waals surface area contributed by atoms with Gasteiger partial charge in [-0.05, 0) is 12.5 Å². The molecule has 6 heteroatoms. The predicted molar refractivity (Wildman–Crippen MR) is 84.9 cm³/mol. The summed E-state index contributed by atoms with van der Waals surface area (Å²) in [5, 5.41) is 0. The molecular formula is C15H20N2O3S. The number of likely N-dealkylation sites (N-methyl/N-ethyl adjacent to an activating group) is 1. The molecule has 0 spiro atoms. The van der Waals surface area contributed by atoms with Crippen LogP contribution in [0.3, 0.4) is 0 Å². The van der Waals surface area contributed by atoms with Gasteiger partial charge in [0.2, 0.25) is 5.91 Å². The van der Waals surface area contributed by atoms with Crippen LogP contribution in [-0.2, 0) is 20.7 Å². The number of carbonyl (C=O) groups excluding carboxylic acids is 2. The highest BCUT2D eigenvalue weighted by molar-refractivity contribution is 7.80. The van der Waals surface area contributed by atoms with E-state index in [1.165, 1.54) is 4.90 Å². The number of nitrogens with two attached hydrogens (primary N) is 1. The minimum Gasteiger partial charge on any atom is -0.466 e. The van der Waals surface area contributed by atoms with Crippen LogP contribution in [0.1, 0.15) is 24.5 Å². The van der Waals surface area contributed by atoms with Gasteiger partial charge in [0.05, 0.1) is 19.4 Å². The third-order valence-corrected chi connectivity index (χ3v) is 3.21. The molecule has 1 amide bonds. The summed E-state index contributed by atoms with van der Waals surface area (Å²) in [5.74, 6) is -0.347. The number of hydrogen-bond acceptors (Lipinski definition) is 4. The van der Waals surface area contributed by atoms with Crippen molar-refractivity contribution in [3.8, 4) is 0 Å². The number of ether oxygens (including phenoxy) is 1. The van der Waals surface area contributed by atoms with Crippen LogP contribution in [0.4, 0.5) is 0 Å². The maximum Gasteiger partial charge on any atom is 0.307 e. The SMILES string of the molecule is CCOC(=O)CCN(C)C(=O)Cc1ccc(C(N)=S)cc1. The normalized spacial score (nSPS) is 10.0. The molecule has 0 atom stereocenters. The Morgan fingerprint density at radius 3 is 2.43 bits per heavy atom. The lowest BCUT2D eigenvalue weighted by molar-refractivity contribution is -0.143. The Kier molecular flexibility index (Phi) is 6.81. The van der Waals surface area contributed by atoms with E-state index < -0.39 is 0 Å². The minimum absolute atomic E-state index is 0.0534. The first-order chi connectivity index (χ1) is 9.93. The topological polar surface area (TPSA) is 72.6 Å². The van der Waals surface area contributed by atoms with Gasteiger partial charge < -0.3 is 15.4 Å². The summed E-state index contributed by atoms with van der Waals surface area (Å²) < 4.78 is 4.82. The summed E-state index contributed by atoms with van der Waals surface area (Å²) in [6.45, 7) is 2.46. The smallest absolute Gasteiger partial charge is 0.307 e. The van der Waals surface area contributed by atoms with Crippen molar-refractivity contribution in [3.63, 3.8) is 0 Å². The summed E-state index contributed by atoms with van der Waals surface area (Å²) in [5.41, 5.74) is 7.17. The first kappa shape index (κ1) is 17.1. The van der Waals surface area contributed by atoms with Gasteiger partial charge in [0.15, 0.2) is 0 Å². The second-order valence-electron chi connectivity index (χ2n) is 4.61. The Morgan fingerprint density at radius 1 is 1.29 bits per heavy atom. The molecule has 0 heterocycles. The summed E-state index contributed by atoms with van der Waals surface area (Å²) in [6, 6.07) is 7.24. The fourth-order valence-electron chi connectivity index (χ4n) is 1.71. The van der Waals surface area contributed by atoms with E-state index in [1.807, 2.05) is 12.1 Å². The van der Waals surface area contributed by atoms with Gasteiger partial charge in [0.25, 0.3) is 0 Å². The fourth-order valence-corrected chi connectivity index (χ4v) is 1.85. The number of rotatable bonds is 7. The van der Waals surface area contributed by atoms with Crippen molar-refractivity contribution in [2.24, 2.45) is 5.73 Å². The van der Waals surface area contributed by atoms with Crippen molar-refractivity contribution < 1.29 is 14.3 Å². The molecule has 0 bridgehead atoms. The monoisotopic (exact) mass is 308 g/mol. The van der Waals surface area contributed by atoms with Gasteiger partial charge >= 0.3 is 5.97 Å². The van der Waals surface area contributed by atoms with E-state index in [2.05, 4.69) is 0 Å². The van der Waals surface area contributed by atoms with E-state index in [1.54, 1.807) is 26.1 Å². The fraction of sp³-hybridized carbons (Fsp3) is 0.400. The highest BCUT2D eigenvalue weighted by atomic mass is 32.1. The van der Waals surface area contributed by atoms with Crippen molar-refractivity contribution in [1.29, 1.82) is 0 Å². The average Bonchev–Trinajstić information content (AvgIpc) is 2.45. The lowest BCUT2D eigenvalue weighted by Crippen LogP contribution is -2.30. The van der Waals surface area contributed by atoms with Gasteiger partial charge in [-0.1, -0.05) is 36.5 Å². The number of thiocarbonyl (C=S) groups is 1. The van der Waals surface area contributed by atoms with Crippen LogP contribution in [0, 0.1) is 0 Å². The Balaban J connectivity index is 2.48. The van der Waals surface area contributed by atoms with Crippen LogP contribution >= 0.6 is 12.2 Å². The second-order valence-corrected chi connectivity index (χ2v) is 5.05. The highest BCUT2D eigenvalue weighted by Crippen LogP contribution is 2.07. The molecule has 0 aromatic heterocycles. The number of benzene rings is 1. The first-order valence-electron chi connectivity index (χ1n) is 6.72. The van der Waals surface area contributed by atoms with Crippen molar-refractivity contribution in [3.05, 3.63) is 35.4 Å². The number of carbonyl (C=O) groups is 2. The van der Waals surface area contributed by atoms with Gasteiger partial charge in [-0.15, -0.1) is 0 Å². The van der Waals surface area contributed by atoms with Crippen molar-refractivity contribution in [2.45, 2.75) is 19.8 Å². The molecule has 1 aromatic carbocycles. The molecule has 0 aliphatic carbocycles. The van der Waals surface area contributed by atoms with Gasteiger partial charge in [-0.3, -0.25) is 9.59 Å². The zero-order valence-corrected chi connectivity index (χ0v) is 13.1. The summed E-state index contributed by atoms with van der Waals surface area (Å²) in [4.78, 5) is 25.1. The lowest BCUT2D eigenvalue weighted by atomic mass is 10.1. The predicted octanol–water partition coefficient (Wildman–Crippen LogP) is 1.27. The number of hydrogen-bond donors (Lipinski definition) is 1. The molecule has 1 rings (SSSR count). The Morgan fingerprint density at radius 2 is 1.90 bits per heavy atom. The van der Waals surface area contributed by atoms with E-state index >= 15 is 0 Å². The summed E-state index contributed by atoms with van der Waals surface area (Å²) in [6.07, 6.45) is 0.480. The molecule has 0 radical (unpaired) electrons.